The van der Waals surface area contributed by atoms with E-state index in [1.54, 1.807) is 41.9 Å². The summed E-state index contributed by atoms with van der Waals surface area (Å²) < 4.78 is 5.15. The molecule has 19 heavy (non-hydrogen) atoms. The first kappa shape index (κ1) is 12.9. The standard InChI is InChI=1S/C14H13NO4/c1-19-13-10(7-4-8-12(13)16)9-5-2-3-6-11(9)14(17)15-18/h2-8,16,18H,1H3,(H,15,17). The van der Waals surface area contributed by atoms with Crippen molar-refractivity contribution in [3.05, 3.63) is 48.0 Å². The first-order chi connectivity index (χ1) is 9.19. The van der Waals surface area contributed by atoms with Crippen LogP contribution in [0.5, 0.6) is 11.5 Å². The molecule has 2 rings (SSSR count). The zero-order chi connectivity index (χ0) is 13.8. The number of phenols is 1. The highest BCUT2D eigenvalue weighted by Crippen LogP contribution is 2.38. The minimum Gasteiger partial charge on any atom is -0.504 e. The normalized spacial score (nSPS) is 10.0. The van der Waals surface area contributed by atoms with Crippen LogP contribution in [0.3, 0.4) is 0 Å². The molecule has 2 aromatic carbocycles. The lowest BCUT2D eigenvalue weighted by Crippen LogP contribution is -2.19. The maximum atomic E-state index is 11.6. The molecule has 0 spiro atoms. The lowest BCUT2D eigenvalue weighted by Gasteiger charge is -2.13. The molecule has 0 fully saturated rings. The van der Waals surface area contributed by atoms with Crippen LogP contribution in [0.1, 0.15) is 10.4 Å². The number of hydrogen-bond donors (Lipinski definition) is 3. The van der Waals surface area contributed by atoms with Gasteiger partial charge in [-0.3, -0.25) is 10.0 Å². The van der Waals surface area contributed by atoms with Crippen molar-refractivity contribution in [2.24, 2.45) is 0 Å². The number of amides is 1. The van der Waals surface area contributed by atoms with Gasteiger partial charge in [0, 0.05) is 11.1 Å². The van der Waals surface area contributed by atoms with Crippen LogP contribution < -0.4 is 10.2 Å². The molecule has 0 atom stereocenters. The maximum Gasteiger partial charge on any atom is 0.275 e. The fourth-order valence-corrected chi connectivity index (χ4v) is 1.93. The number of phenolic OH excluding ortho intramolecular Hbond substituents is 1. The molecule has 3 N–H and O–H groups in total. The fraction of sp³-hybridized carbons (Fsp3) is 0.0714. The molecule has 0 aliphatic heterocycles. The molecule has 0 radical (unpaired) electrons. The van der Waals surface area contributed by atoms with Gasteiger partial charge >= 0.3 is 0 Å². The van der Waals surface area contributed by atoms with Crippen molar-refractivity contribution in [3.8, 4) is 22.6 Å². The average molecular weight is 259 g/mol. The summed E-state index contributed by atoms with van der Waals surface area (Å²) in [6, 6.07) is 11.6. The largest absolute Gasteiger partial charge is 0.504 e. The number of ether oxygens (including phenoxy) is 1. The van der Waals surface area contributed by atoms with Gasteiger partial charge in [-0.2, -0.15) is 0 Å². The predicted molar refractivity (Wildman–Crippen MR) is 69.3 cm³/mol. The van der Waals surface area contributed by atoms with E-state index >= 15 is 0 Å². The minimum atomic E-state index is -0.624. The number of nitrogens with one attached hydrogen (secondary N) is 1. The molecule has 0 heterocycles. The SMILES string of the molecule is COc1c(O)cccc1-c1ccccc1C(=O)NO. The molecule has 0 aliphatic rings. The first-order valence-electron chi connectivity index (χ1n) is 5.59. The van der Waals surface area contributed by atoms with E-state index in [0.717, 1.165) is 0 Å². The molecule has 2 aromatic rings. The summed E-state index contributed by atoms with van der Waals surface area (Å²) in [6.45, 7) is 0. The summed E-state index contributed by atoms with van der Waals surface area (Å²) in [4.78, 5) is 11.6. The third-order valence-corrected chi connectivity index (χ3v) is 2.76. The monoisotopic (exact) mass is 259 g/mol. The smallest absolute Gasteiger partial charge is 0.275 e. The Bertz CT molecular complexity index is 610. The van der Waals surface area contributed by atoms with Crippen molar-refractivity contribution >= 4 is 5.91 Å². The van der Waals surface area contributed by atoms with E-state index in [-0.39, 0.29) is 17.1 Å². The van der Waals surface area contributed by atoms with Crippen molar-refractivity contribution in [3.63, 3.8) is 0 Å². The summed E-state index contributed by atoms with van der Waals surface area (Å²) >= 11 is 0. The van der Waals surface area contributed by atoms with E-state index in [4.69, 9.17) is 9.94 Å². The molecule has 5 nitrogen and oxygen atoms in total. The molecule has 0 unspecified atom stereocenters. The number of methoxy groups -OCH3 is 1. The highest BCUT2D eigenvalue weighted by atomic mass is 16.5. The van der Waals surface area contributed by atoms with Crippen LogP contribution in [-0.4, -0.2) is 23.3 Å². The molecule has 0 aromatic heterocycles. The first-order valence-corrected chi connectivity index (χ1v) is 5.59. The van der Waals surface area contributed by atoms with Crippen LogP contribution in [0.15, 0.2) is 42.5 Å². The van der Waals surface area contributed by atoms with Crippen LogP contribution in [0.25, 0.3) is 11.1 Å². The second-order valence-corrected chi connectivity index (χ2v) is 3.84. The van der Waals surface area contributed by atoms with E-state index in [1.807, 2.05) is 0 Å². The van der Waals surface area contributed by atoms with Gasteiger partial charge in [-0.05, 0) is 17.7 Å². The number of carbonyl (C=O) groups excluding carboxylic acids is 1. The van der Waals surface area contributed by atoms with Crippen molar-refractivity contribution in [2.75, 3.05) is 7.11 Å². The molecule has 0 aliphatic carbocycles. The van der Waals surface area contributed by atoms with Gasteiger partial charge in [-0.25, -0.2) is 5.48 Å². The minimum absolute atomic E-state index is 0.0146. The Hall–Kier alpha value is -2.53. The molecule has 98 valence electrons. The van der Waals surface area contributed by atoms with Gasteiger partial charge in [0.25, 0.3) is 5.91 Å². The topological polar surface area (TPSA) is 78.8 Å². The van der Waals surface area contributed by atoms with Crippen molar-refractivity contribution in [2.45, 2.75) is 0 Å². The number of para-hydroxylation sites is 1. The van der Waals surface area contributed by atoms with Crippen molar-refractivity contribution < 1.29 is 19.8 Å². The van der Waals surface area contributed by atoms with Crippen LogP contribution in [-0.2, 0) is 0 Å². The summed E-state index contributed by atoms with van der Waals surface area (Å²) in [5, 5.41) is 18.5. The molecule has 0 saturated heterocycles. The van der Waals surface area contributed by atoms with Crippen LogP contribution >= 0.6 is 0 Å². The summed E-state index contributed by atoms with van der Waals surface area (Å²) in [7, 11) is 1.44. The molecule has 0 bridgehead atoms. The number of benzene rings is 2. The summed E-state index contributed by atoms with van der Waals surface area (Å²) in [6.07, 6.45) is 0. The zero-order valence-corrected chi connectivity index (χ0v) is 10.3. The van der Waals surface area contributed by atoms with E-state index in [1.165, 1.54) is 13.2 Å². The zero-order valence-electron chi connectivity index (χ0n) is 10.3. The number of hydroxylamine groups is 1. The Morgan fingerprint density at radius 2 is 1.79 bits per heavy atom. The van der Waals surface area contributed by atoms with Crippen LogP contribution in [0.2, 0.25) is 0 Å². The van der Waals surface area contributed by atoms with Gasteiger partial charge in [-0.1, -0.05) is 30.3 Å². The number of hydrogen-bond acceptors (Lipinski definition) is 4. The molecule has 0 saturated carbocycles. The van der Waals surface area contributed by atoms with Gasteiger partial charge in [0.2, 0.25) is 0 Å². The van der Waals surface area contributed by atoms with E-state index in [0.29, 0.717) is 11.1 Å². The Labute approximate surface area is 110 Å². The van der Waals surface area contributed by atoms with Gasteiger partial charge < -0.3 is 9.84 Å². The van der Waals surface area contributed by atoms with E-state index in [9.17, 15) is 9.90 Å². The Balaban J connectivity index is 2.66. The molecule has 1 amide bonds. The van der Waals surface area contributed by atoms with Crippen molar-refractivity contribution in [1.82, 2.24) is 5.48 Å². The van der Waals surface area contributed by atoms with Gasteiger partial charge in [0.15, 0.2) is 11.5 Å². The van der Waals surface area contributed by atoms with Crippen LogP contribution in [0, 0.1) is 0 Å². The average Bonchev–Trinajstić information content (AvgIpc) is 2.46. The van der Waals surface area contributed by atoms with Gasteiger partial charge in [-0.15, -0.1) is 0 Å². The maximum absolute atomic E-state index is 11.6. The second-order valence-electron chi connectivity index (χ2n) is 3.84. The molecular formula is C14H13NO4. The lowest BCUT2D eigenvalue weighted by molar-refractivity contribution is 0.0707. The third-order valence-electron chi connectivity index (χ3n) is 2.76. The van der Waals surface area contributed by atoms with Crippen molar-refractivity contribution in [1.29, 1.82) is 0 Å². The number of aromatic hydroxyl groups is 1. The third kappa shape index (κ3) is 2.36. The van der Waals surface area contributed by atoms with E-state index < -0.39 is 5.91 Å². The number of rotatable bonds is 3. The lowest BCUT2D eigenvalue weighted by atomic mass is 9.98. The quantitative estimate of drug-likeness (QED) is 0.583. The van der Waals surface area contributed by atoms with E-state index in [2.05, 4.69) is 0 Å². The Morgan fingerprint density at radius 3 is 2.47 bits per heavy atom. The van der Waals surface area contributed by atoms with Gasteiger partial charge in [0.1, 0.15) is 0 Å². The highest BCUT2D eigenvalue weighted by molar-refractivity contribution is 6.01. The van der Waals surface area contributed by atoms with Gasteiger partial charge in [0.05, 0.1) is 7.11 Å². The summed E-state index contributed by atoms with van der Waals surface area (Å²) in [5.74, 6) is -0.360. The Morgan fingerprint density at radius 1 is 1.11 bits per heavy atom. The fourth-order valence-electron chi connectivity index (χ4n) is 1.93. The highest BCUT2D eigenvalue weighted by Gasteiger charge is 2.16. The van der Waals surface area contributed by atoms with Crippen LogP contribution in [0.4, 0.5) is 0 Å². The second kappa shape index (κ2) is 5.41. The summed E-state index contributed by atoms with van der Waals surface area (Å²) in [5.41, 5.74) is 3.02. The predicted octanol–water partition coefficient (Wildman–Crippen LogP) is 2.19. The molecular weight excluding hydrogens is 246 g/mol. The molecule has 5 heteroatoms. The number of carbonyl (C=O) groups is 1. The Kier molecular flexibility index (Phi) is 3.68.